The number of anilines is 2. The van der Waals surface area contributed by atoms with Crippen LogP contribution in [0.2, 0.25) is 0 Å². The van der Waals surface area contributed by atoms with E-state index in [1.165, 1.54) is 12.8 Å². The molecule has 0 radical (unpaired) electrons. The van der Waals surface area contributed by atoms with Crippen LogP contribution in [-0.4, -0.2) is 21.4 Å². The van der Waals surface area contributed by atoms with Crippen molar-refractivity contribution < 1.29 is 4.92 Å². The van der Waals surface area contributed by atoms with Gasteiger partial charge in [0.25, 0.3) is 0 Å². The monoisotopic (exact) mass is 281 g/mol. The van der Waals surface area contributed by atoms with Crippen molar-refractivity contribution in [3.8, 4) is 0 Å². The Kier molecular flexibility index (Phi) is 5.66. The second kappa shape index (κ2) is 7.02. The van der Waals surface area contributed by atoms with Gasteiger partial charge in [-0.3, -0.25) is 10.1 Å². The van der Waals surface area contributed by atoms with E-state index in [1.54, 1.807) is 0 Å². The molecule has 0 saturated carbocycles. The summed E-state index contributed by atoms with van der Waals surface area (Å²) >= 11 is 0. The summed E-state index contributed by atoms with van der Waals surface area (Å²) in [4.78, 5) is 18.0. The van der Waals surface area contributed by atoms with Crippen LogP contribution in [0, 0.1) is 15.5 Å². The summed E-state index contributed by atoms with van der Waals surface area (Å²) in [6.45, 7) is 7.03. The topological polar surface area (TPSA) is 107 Å². The first-order chi connectivity index (χ1) is 9.35. The van der Waals surface area contributed by atoms with Gasteiger partial charge < -0.3 is 11.1 Å². The maximum Gasteiger partial charge on any atom is 0.329 e. The molecule has 1 aromatic rings. The second-order valence-corrected chi connectivity index (χ2v) is 5.69. The van der Waals surface area contributed by atoms with Gasteiger partial charge in [0.15, 0.2) is 0 Å². The molecule has 0 bridgehead atoms. The molecule has 1 rings (SSSR count). The average Bonchev–Trinajstić information content (AvgIpc) is 2.36. The SMILES string of the molecule is CCCCCC(C)(C)CNc1nc(N)ncc1[N+](=O)[O-]. The highest BCUT2D eigenvalue weighted by molar-refractivity contribution is 5.56. The number of nitrogens with zero attached hydrogens (tertiary/aromatic N) is 3. The molecule has 20 heavy (non-hydrogen) atoms. The molecule has 0 amide bonds. The van der Waals surface area contributed by atoms with Crippen LogP contribution < -0.4 is 11.1 Å². The molecule has 0 saturated heterocycles. The summed E-state index contributed by atoms with van der Waals surface area (Å²) in [5.74, 6) is 0.216. The fourth-order valence-corrected chi connectivity index (χ4v) is 1.92. The minimum absolute atomic E-state index is 0.0295. The molecule has 0 aliphatic heterocycles. The van der Waals surface area contributed by atoms with E-state index in [2.05, 4.69) is 36.1 Å². The van der Waals surface area contributed by atoms with Gasteiger partial charge in [-0.15, -0.1) is 0 Å². The maximum atomic E-state index is 10.9. The number of nitrogens with two attached hydrogens (primary N) is 1. The van der Waals surface area contributed by atoms with Crippen molar-refractivity contribution in [2.45, 2.75) is 46.5 Å². The summed E-state index contributed by atoms with van der Waals surface area (Å²) in [7, 11) is 0. The first-order valence-electron chi connectivity index (χ1n) is 6.86. The predicted molar refractivity (Wildman–Crippen MR) is 79.5 cm³/mol. The largest absolute Gasteiger partial charge is 0.368 e. The van der Waals surface area contributed by atoms with E-state index in [0.29, 0.717) is 6.54 Å². The lowest BCUT2D eigenvalue weighted by Crippen LogP contribution is -2.24. The zero-order valence-electron chi connectivity index (χ0n) is 12.3. The lowest BCUT2D eigenvalue weighted by Gasteiger charge is -2.25. The van der Waals surface area contributed by atoms with Crippen molar-refractivity contribution in [1.29, 1.82) is 0 Å². The predicted octanol–water partition coefficient (Wildman–Crippen LogP) is 2.99. The van der Waals surface area contributed by atoms with E-state index in [0.717, 1.165) is 19.0 Å². The molecule has 7 heteroatoms. The number of nitrogens with one attached hydrogen (secondary N) is 1. The van der Waals surface area contributed by atoms with Crippen LogP contribution in [0.5, 0.6) is 0 Å². The zero-order valence-corrected chi connectivity index (χ0v) is 12.3. The minimum atomic E-state index is -0.508. The fourth-order valence-electron chi connectivity index (χ4n) is 1.92. The summed E-state index contributed by atoms with van der Waals surface area (Å²) in [6, 6.07) is 0. The van der Waals surface area contributed by atoms with Gasteiger partial charge in [0.2, 0.25) is 11.8 Å². The summed E-state index contributed by atoms with van der Waals surface area (Å²) in [5.41, 5.74) is 5.38. The van der Waals surface area contributed by atoms with Crippen LogP contribution in [-0.2, 0) is 0 Å². The number of aromatic nitrogens is 2. The van der Waals surface area contributed by atoms with Crippen molar-refractivity contribution >= 4 is 17.5 Å². The standard InChI is InChI=1S/C13H23N5O2/c1-4-5-6-7-13(2,3)9-16-11-10(18(19)20)8-15-12(14)17-11/h8H,4-7,9H2,1-3H3,(H3,14,15,16,17). The molecular formula is C13H23N5O2. The van der Waals surface area contributed by atoms with Crippen LogP contribution in [0.25, 0.3) is 0 Å². The third-order valence-corrected chi connectivity index (χ3v) is 3.18. The number of rotatable bonds is 8. The highest BCUT2D eigenvalue weighted by atomic mass is 16.6. The molecule has 0 aliphatic carbocycles. The van der Waals surface area contributed by atoms with Gasteiger partial charge in [0, 0.05) is 6.54 Å². The molecule has 0 atom stereocenters. The van der Waals surface area contributed by atoms with E-state index >= 15 is 0 Å². The van der Waals surface area contributed by atoms with Crippen LogP contribution >= 0.6 is 0 Å². The van der Waals surface area contributed by atoms with Crippen molar-refractivity contribution in [1.82, 2.24) is 9.97 Å². The summed E-state index contributed by atoms with van der Waals surface area (Å²) < 4.78 is 0. The second-order valence-electron chi connectivity index (χ2n) is 5.69. The smallest absolute Gasteiger partial charge is 0.329 e. The van der Waals surface area contributed by atoms with E-state index in [1.807, 2.05) is 0 Å². The van der Waals surface area contributed by atoms with Crippen LogP contribution in [0.3, 0.4) is 0 Å². The van der Waals surface area contributed by atoms with Crippen molar-refractivity contribution in [3.05, 3.63) is 16.3 Å². The molecule has 1 heterocycles. The minimum Gasteiger partial charge on any atom is -0.368 e. The Morgan fingerprint density at radius 2 is 2.15 bits per heavy atom. The lowest BCUT2D eigenvalue weighted by atomic mass is 9.87. The molecule has 0 fully saturated rings. The number of unbranched alkanes of at least 4 members (excludes halogenated alkanes) is 2. The molecule has 0 spiro atoms. The fraction of sp³-hybridized carbons (Fsp3) is 0.692. The Hall–Kier alpha value is -1.92. The molecule has 7 nitrogen and oxygen atoms in total. The Morgan fingerprint density at radius 3 is 2.75 bits per heavy atom. The summed E-state index contributed by atoms with van der Waals surface area (Å²) in [6.07, 6.45) is 5.72. The quantitative estimate of drug-likeness (QED) is 0.431. The lowest BCUT2D eigenvalue weighted by molar-refractivity contribution is -0.384. The van der Waals surface area contributed by atoms with Crippen molar-refractivity contribution in [2.75, 3.05) is 17.6 Å². The Labute approximate surface area is 119 Å². The molecule has 0 aliphatic rings. The van der Waals surface area contributed by atoms with Gasteiger partial charge in [-0.25, -0.2) is 4.98 Å². The van der Waals surface area contributed by atoms with Gasteiger partial charge >= 0.3 is 5.69 Å². The van der Waals surface area contributed by atoms with Gasteiger partial charge in [0.1, 0.15) is 6.20 Å². The van der Waals surface area contributed by atoms with Gasteiger partial charge in [0.05, 0.1) is 4.92 Å². The number of hydrogen-bond donors (Lipinski definition) is 2. The average molecular weight is 281 g/mol. The van der Waals surface area contributed by atoms with E-state index in [4.69, 9.17) is 5.73 Å². The van der Waals surface area contributed by atoms with Gasteiger partial charge in [-0.05, 0) is 11.8 Å². The third kappa shape index (κ3) is 4.99. The molecule has 0 unspecified atom stereocenters. The van der Waals surface area contributed by atoms with Crippen molar-refractivity contribution in [2.24, 2.45) is 5.41 Å². The van der Waals surface area contributed by atoms with E-state index < -0.39 is 4.92 Å². The molecular weight excluding hydrogens is 258 g/mol. The number of nitro groups is 1. The Morgan fingerprint density at radius 1 is 1.45 bits per heavy atom. The normalized spacial score (nSPS) is 11.3. The first kappa shape index (κ1) is 16.1. The van der Waals surface area contributed by atoms with Gasteiger partial charge in [-0.2, -0.15) is 4.98 Å². The van der Waals surface area contributed by atoms with Gasteiger partial charge in [-0.1, -0.05) is 40.0 Å². The molecule has 112 valence electrons. The molecule has 0 aromatic carbocycles. The highest BCUT2D eigenvalue weighted by Gasteiger charge is 2.21. The van der Waals surface area contributed by atoms with Crippen molar-refractivity contribution in [3.63, 3.8) is 0 Å². The molecule has 1 aromatic heterocycles. The third-order valence-electron chi connectivity index (χ3n) is 3.18. The number of nitrogen functional groups attached to an aromatic ring is 1. The van der Waals surface area contributed by atoms with Crippen LogP contribution in [0.4, 0.5) is 17.5 Å². The number of hydrogen-bond acceptors (Lipinski definition) is 6. The zero-order chi connectivity index (χ0) is 15.2. The Bertz CT molecular complexity index is 462. The van der Waals surface area contributed by atoms with E-state index in [-0.39, 0.29) is 22.9 Å². The Balaban J connectivity index is 2.68. The molecule has 3 N–H and O–H groups in total. The van der Waals surface area contributed by atoms with Crippen LogP contribution in [0.15, 0.2) is 6.20 Å². The summed E-state index contributed by atoms with van der Waals surface area (Å²) in [5, 5.41) is 13.9. The van der Waals surface area contributed by atoms with Crippen LogP contribution in [0.1, 0.15) is 46.5 Å². The van der Waals surface area contributed by atoms with E-state index in [9.17, 15) is 10.1 Å². The maximum absolute atomic E-state index is 10.9. The highest BCUT2D eigenvalue weighted by Crippen LogP contribution is 2.27. The first-order valence-corrected chi connectivity index (χ1v) is 6.86.